The van der Waals surface area contributed by atoms with E-state index in [4.69, 9.17) is 21.1 Å². The Hall–Kier alpha value is -1.23. The van der Waals surface area contributed by atoms with Crippen molar-refractivity contribution >= 4 is 22.9 Å². The van der Waals surface area contributed by atoms with Crippen LogP contribution in [0.1, 0.15) is 16.5 Å². The highest BCUT2D eigenvalue weighted by molar-refractivity contribution is 7.10. The second-order valence-electron chi connectivity index (χ2n) is 4.26. The first-order valence-electron chi connectivity index (χ1n) is 6.09. The molecule has 1 N–H and O–H groups in total. The molecule has 0 amide bonds. The zero-order chi connectivity index (χ0) is 13.2. The molecule has 0 saturated heterocycles. The summed E-state index contributed by atoms with van der Waals surface area (Å²) in [5.41, 5.74) is 1.12. The summed E-state index contributed by atoms with van der Waals surface area (Å²) in [6, 6.07) is 8.01. The average molecular weight is 296 g/mol. The number of halogens is 1. The lowest BCUT2D eigenvalue weighted by molar-refractivity contribution is 0.171. The molecule has 19 heavy (non-hydrogen) atoms. The zero-order valence-corrected chi connectivity index (χ0v) is 12.1. The van der Waals surface area contributed by atoms with Gasteiger partial charge >= 0.3 is 0 Å². The van der Waals surface area contributed by atoms with Crippen LogP contribution in [0, 0.1) is 0 Å². The highest BCUT2D eigenvalue weighted by atomic mass is 35.5. The van der Waals surface area contributed by atoms with Crippen molar-refractivity contribution in [2.45, 2.75) is 6.04 Å². The third kappa shape index (κ3) is 2.43. The number of hydrogen-bond donors (Lipinski definition) is 1. The average Bonchev–Trinajstić information content (AvgIpc) is 2.86. The maximum Gasteiger partial charge on any atom is 0.161 e. The summed E-state index contributed by atoms with van der Waals surface area (Å²) < 4.78 is 11.2. The Balaban J connectivity index is 1.98. The summed E-state index contributed by atoms with van der Waals surface area (Å²) in [5, 5.41) is 6.09. The molecule has 1 atom stereocenters. The predicted molar refractivity (Wildman–Crippen MR) is 77.7 cm³/mol. The summed E-state index contributed by atoms with van der Waals surface area (Å²) in [4.78, 5) is 1.11. The van der Waals surface area contributed by atoms with Gasteiger partial charge < -0.3 is 14.8 Å². The van der Waals surface area contributed by atoms with E-state index < -0.39 is 0 Å². The second kappa shape index (κ2) is 5.41. The van der Waals surface area contributed by atoms with Gasteiger partial charge in [-0.15, -0.1) is 11.3 Å². The number of nitrogens with one attached hydrogen (secondary N) is 1. The van der Waals surface area contributed by atoms with Gasteiger partial charge in [-0.1, -0.05) is 17.7 Å². The molecule has 0 spiro atoms. The van der Waals surface area contributed by atoms with E-state index in [2.05, 4.69) is 5.32 Å². The van der Waals surface area contributed by atoms with Crippen LogP contribution in [0.5, 0.6) is 11.5 Å². The molecule has 0 bridgehead atoms. The topological polar surface area (TPSA) is 30.5 Å². The van der Waals surface area contributed by atoms with Crippen molar-refractivity contribution in [1.82, 2.24) is 5.32 Å². The lowest BCUT2D eigenvalue weighted by Crippen LogP contribution is -2.19. The van der Waals surface area contributed by atoms with Gasteiger partial charge in [0.2, 0.25) is 0 Å². The van der Waals surface area contributed by atoms with E-state index >= 15 is 0 Å². The maximum atomic E-state index is 6.22. The molecule has 0 aliphatic carbocycles. The number of hydrogen-bond acceptors (Lipinski definition) is 4. The molecule has 3 rings (SSSR count). The first-order valence-corrected chi connectivity index (χ1v) is 7.35. The first-order chi connectivity index (χ1) is 9.29. The molecular weight excluding hydrogens is 282 g/mol. The molecule has 1 aliphatic rings. The van der Waals surface area contributed by atoms with Gasteiger partial charge in [0.15, 0.2) is 11.5 Å². The molecule has 0 saturated carbocycles. The fraction of sp³-hybridized carbons (Fsp3) is 0.286. The molecule has 1 aliphatic heterocycles. The van der Waals surface area contributed by atoms with Crippen LogP contribution in [0.15, 0.2) is 29.6 Å². The number of benzene rings is 1. The van der Waals surface area contributed by atoms with E-state index in [1.54, 1.807) is 11.3 Å². The minimum atomic E-state index is 0.0725. The van der Waals surface area contributed by atoms with Crippen molar-refractivity contribution in [3.8, 4) is 11.5 Å². The summed E-state index contributed by atoms with van der Waals surface area (Å²) in [6.07, 6.45) is 0. The van der Waals surface area contributed by atoms with Gasteiger partial charge in [0, 0.05) is 4.88 Å². The quantitative estimate of drug-likeness (QED) is 0.940. The number of thiophene rings is 1. The van der Waals surface area contributed by atoms with Crippen molar-refractivity contribution in [2.24, 2.45) is 0 Å². The van der Waals surface area contributed by atoms with Crippen molar-refractivity contribution in [2.75, 3.05) is 20.3 Å². The molecule has 100 valence electrons. The zero-order valence-electron chi connectivity index (χ0n) is 10.5. The predicted octanol–water partition coefficient (Wildman–Crippen LogP) is 3.48. The van der Waals surface area contributed by atoms with Crippen molar-refractivity contribution in [3.05, 3.63) is 45.1 Å². The molecule has 0 radical (unpaired) electrons. The van der Waals surface area contributed by atoms with E-state index in [-0.39, 0.29) is 6.04 Å². The van der Waals surface area contributed by atoms with Crippen LogP contribution >= 0.6 is 22.9 Å². The van der Waals surface area contributed by atoms with Crippen molar-refractivity contribution in [3.63, 3.8) is 0 Å². The Kier molecular flexibility index (Phi) is 3.64. The minimum absolute atomic E-state index is 0.0725. The van der Waals surface area contributed by atoms with E-state index in [9.17, 15) is 0 Å². The largest absolute Gasteiger partial charge is 0.486 e. The monoisotopic (exact) mass is 295 g/mol. The SMILES string of the molecule is CNC(c1ccc2c(c1)OCCO2)c1sccc1Cl. The Labute approximate surface area is 121 Å². The van der Waals surface area contributed by atoms with Crippen molar-refractivity contribution in [1.29, 1.82) is 0 Å². The van der Waals surface area contributed by atoms with Crippen LogP contribution in [0.3, 0.4) is 0 Å². The highest BCUT2D eigenvalue weighted by Gasteiger charge is 2.19. The van der Waals surface area contributed by atoms with Crippen LogP contribution in [0.2, 0.25) is 5.02 Å². The Morgan fingerprint density at radius 2 is 2.00 bits per heavy atom. The fourth-order valence-corrected chi connectivity index (χ4v) is 3.50. The number of rotatable bonds is 3. The van der Waals surface area contributed by atoms with E-state index in [0.29, 0.717) is 13.2 Å². The number of ether oxygens (including phenoxy) is 2. The summed E-state index contributed by atoms with van der Waals surface area (Å²) in [7, 11) is 1.93. The van der Waals surface area contributed by atoms with Crippen LogP contribution in [0.4, 0.5) is 0 Å². The van der Waals surface area contributed by atoms with Crippen molar-refractivity contribution < 1.29 is 9.47 Å². The summed E-state index contributed by atoms with van der Waals surface area (Å²) in [6.45, 7) is 1.21. The molecule has 1 aromatic carbocycles. The van der Waals surface area contributed by atoms with Gasteiger partial charge in [0.05, 0.1) is 11.1 Å². The smallest absolute Gasteiger partial charge is 0.161 e. The Morgan fingerprint density at radius 1 is 1.21 bits per heavy atom. The molecule has 0 fully saturated rings. The summed E-state index contributed by atoms with van der Waals surface area (Å²) >= 11 is 7.87. The van der Waals surface area contributed by atoms with Gasteiger partial charge in [-0.2, -0.15) is 0 Å². The molecule has 5 heteroatoms. The maximum absolute atomic E-state index is 6.22. The van der Waals surface area contributed by atoms with Gasteiger partial charge in [-0.3, -0.25) is 0 Å². The highest BCUT2D eigenvalue weighted by Crippen LogP contribution is 2.37. The lowest BCUT2D eigenvalue weighted by Gasteiger charge is -2.21. The van der Waals surface area contributed by atoms with E-state index in [1.807, 2.05) is 36.7 Å². The lowest BCUT2D eigenvalue weighted by atomic mass is 10.0. The van der Waals surface area contributed by atoms with E-state index in [1.165, 1.54) is 0 Å². The van der Waals surface area contributed by atoms with Gasteiger partial charge in [-0.25, -0.2) is 0 Å². The van der Waals surface area contributed by atoms with Gasteiger partial charge in [0.1, 0.15) is 13.2 Å². The molecule has 1 aromatic heterocycles. The van der Waals surface area contributed by atoms with Crippen LogP contribution in [-0.2, 0) is 0 Å². The normalized spacial score (nSPS) is 15.3. The van der Waals surface area contributed by atoms with Crippen LogP contribution < -0.4 is 14.8 Å². The third-order valence-corrected chi connectivity index (χ3v) is 4.52. The molecule has 1 unspecified atom stereocenters. The summed E-state index contributed by atoms with van der Waals surface area (Å²) in [5.74, 6) is 1.61. The van der Waals surface area contributed by atoms with Gasteiger partial charge in [-0.05, 0) is 36.2 Å². The molecular formula is C14H14ClNO2S. The first kappa shape index (κ1) is 12.8. The molecule has 3 nitrogen and oxygen atoms in total. The van der Waals surface area contributed by atoms with Gasteiger partial charge in [0.25, 0.3) is 0 Å². The Morgan fingerprint density at radius 3 is 2.68 bits per heavy atom. The fourth-order valence-electron chi connectivity index (χ4n) is 2.20. The minimum Gasteiger partial charge on any atom is -0.486 e. The standard InChI is InChI=1S/C14H14ClNO2S/c1-16-13(14-10(15)4-7-19-14)9-2-3-11-12(8-9)18-6-5-17-11/h2-4,7-8,13,16H,5-6H2,1H3. The molecule has 2 aromatic rings. The molecule has 2 heterocycles. The number of fused-ring (bicyclic) bond motifs is 1. The third-order valence-electron chi connectivity index (χ3n) is 3.10. The van der Waals surface area contributed by atoms with Crippen LogP contribution in [-0.4, -0.2) is 20.3 Å². The Bertz CT molecular complexity index is 585. The van der Waals surface area contributed by atoms with Crippen LogP contribution in [0.25, 0.3) is 0 Å². The second-order valence-corrected chi connectivity index (χ2v) is 5.61. The van der Waals surface area contributed by atoms with E-state index in [0.717, 1.165) is 27.0 Å².